The standard InChI is InChI=1S/C19H21N3O6/c1-26-16-9-13(10-17(27-2)19(16)28-3)20-18(23)11-21-7-6-12-8-14(22(24)25)4-5-15(12)21/h4-5,8-10H,6-7,11H2,1-3H3,(H,20,23). The second-order valence-electron chi connectivity index (χ2n) is 6.20. The third kappa shape index (κ3) is 3.78. The number of nitro groups is 1. The first-order chi connectivity index (χ1) is 13.5. The molecule has 0 fully saturated rings. The summed E-state index contributed by atoms with van der Waals surface area (Å²) < 4.78 is 15.9. The topological polar surface area (TPSA) is 103 Å². The van der Waals surface area contributed by atoms with Gasteiger partial charge in [-0.3, -0.25) is 14.9 Å². The molecule has 1 N–H and O–H groups in total. The fraction of sp³-hybridized carbons (Fsp3) is 0.316. The quantitative estimate of drug-likeness (QED) is 0.575. The van der Waals surface area contributed by atoms with Crippen molar-refractivity contribution in [1.29, 1.82) is 0 Å². The number of carbonyl (C=O) groups excluding carboxylic acids is 1. The van der Waals surface area contributed by atoms with Gasteiger partial charge < -0.3 is 24.4 Å². The predicted octanol–water partition coefficient (Wildman–Crippen LogP) is 2.62. The lowest BCUT2D eigenvalue weighted by molar-refractivity contribution is -0.384. The number of fused-ring (bicyclic) bond motifs is 1. The van der Waals surface area contributed by atoms with Gasteiger partial charge in [-0.2, -0.15) is 0 Å². The lowest BCUT2D eigenvalue weighted by Crippen LogP contribution is -2.31. The van der Waals surface area contributed by atoms with E-state index in [2.05, 4.69) is 5.32 Å². The maximum atomic E-state index is 12.5. The van der Waals surface area contributed by atoms with Crippen molar-refractivity contribution in [2.75, 3.05) is 44.6 Å². The fourth-order valence-electron chi connectivity index (χ4n) is 3.26. The number of rotatable bonds is 7. The highest BCUT2D eigenvalue weighted by molar-refractivity contribution is 5.95. The number of ether oxygens (including phenoxy) is 3. The zero-order chi connectivity index (χ0) is 20.3. The predicted molar refractivity (Wildman–Crippen MR) is 104 cm³/mol. The first kappa shape index (κ1) is 19.3. The van der Waals surface area contributed by atoms with Gasteiger partial charge in [0.25, 0.3) is 5.69 Å². The third-order valence-corrected chi connectivity index (χ3v) is 4.55. The van der Waals surface area contributed by atoms with Gasteiger partial charge in [0.1, 0.15) is 0 Å². The number of amides is 1. The summed E-state index contributed by atoms with van der Waals surface area (Å²) >= 11 is 0. The highest BCUT2D eigenvalue weighted by atomic mass is 16.6. The van der Waals surface area contributed by atoms with E-state index in [1.165, 1.54) is 27.4 Å². The number of benzene rings is 2. The van der Waals surface area contributed by atoms with Crippen LogP contribution in [-0.2, 0) is 11.2 Å². The first-order valence-corrected chi connectivity index (χ1v) is 8.59. The summed E-state index contributed by atoms with van der Waals surface area (Å²) in [7, 11) is 4.51. The van der Waals surface area contributed by atoms with Gasteiger partial charge >= 0.3 is 0 Å². The van der Waals surface area contributed by atoms with Gasteiger partial charge in [-0.1, -0.05) is 0 Å². The molecule has 0 aliphatic carbocycles. The van der Waals surface area contributed by atoms with E-state index in [1.54, 1.807) is 24.3 Å². The van der Waals surface area contributed by atoms with Gasteiger partial charge in [0, 0.05) is 42.2 Å². The van der Waals surface area contributed by atoms with E-state index in [-0.39, 0.29) is 18.1 Å². The zero-order valence-corrected chi connectivity index (χ0v) is 15.9. The first-order valence-electron chi connectivity index (χ1n) is 8.59. The fourth-order valence-corrected chi connectivity index (χ4v) is 3.26. The summed E-state index contributed by atoms with van der Waals surface area (Å²) in [5, 5.41) is 13.7. The van der Waals surface area contributed by atoms with Crippen LogP contribution >= 0.6 is 0 Å². The van der Waals surface area contributed by atoms with Crippen molar-refractivity contribution in [2.24, 2.45) is 0 Å². The van der Waals surface area contributed by atoms with Crippen LogP contribution in [0.1, 0.15) is 5.56 Å². The maximum Gasteiger partial charge on any atom is 0.269 e. The van der Waals surface area contributed by atoms with Crippen molar-refractivity contribution < 1.29 is 23.9 Å². The van der Waals surface area contributed by atoms with Crippen LogP contribution in [-0.4, -0.2) is 45.2 Å². The van der Waals surface area contributed by atoms with Gasteiger partial charge in [0.2, 0.25) is 11.7 Å². The number of nitrogens with zero attached hydrogens (tertiary/aromatic N) is 2. The molecule has 0 bridgehead atoms. The van der Waals surface area contributed by atoms with Gasteiger partial charge in [-0.15, -0.1) is 0 Å². The van der Waals surface area contributed by atoms with Crippen LogP contribution in [0, 0.1) is 10.1 Å². The monoisotopic (exact) mass is 387 g/mol. The molecule has 9 heteroatoms. The van der Waals surface area contributed by atoms with Crippen LogP contribution in [0.2, 0.25) is 0 Å². The van der Waals surface area contributed by atoms with Crippen molar-refractivity contribution in [1.82, 2.24) is 0 Å². The Bertz CT molecular complexity index is 890. The molecule has 9 nitrogen and oxygen atoms in total. The number of hydrogen-bond donors (Lipinski definition) is 1. The van der Waals surface area contributed by atoms with E-state index in [0.717, 1.165) is 11.3 Å². The number of nitro benzene ring substituents is 1. The third-order valence-electron chi connectivity index (χ3n) is 4.55. The summed E-state index contributed by atoms with van der Waals surface area (Å²) in [5.74, 6) is 1.10. The van der Waals surface area contributed by atoms with Crippen LogP contribution in [0.15, 0.2) is 30.3 Å². The Morgan fingerprint density at radius 2 is 1.82 bits per heavy atom. The Morgan fingerprint density at radius 3 is 2.39 bits per heavy atom. The number of anilines is 2. The molecule has 0 atom stereocenters. The molecule has 28 heavy (non-hydrogen) atoms. The highest BCUT2D eigenvalue weighted by Crippen LogP contribution is 2.40. The summed E-state index contributed by atoms with van der Waals surface area (Å²) in [4.78, 5) is 24.9. The van der Waals surface area contributed by atoms with E-state index in [0.29, 0.717) is 35.9 Å². The minimum Gasteiger partial charge on any atom is -0.493 e. The highest BCUT2D eigenvalue weighted by Gasteiger charge is 2.24. The summed E-state index contributed by atoms with van der Waals surface area (Å²) in [5.41, 5.74) is 2.28. The van der Waals surface area contributed by atoms with E-state index in [4.69, 9.17) is 14.2 Å². The molecular formula is C19H21N3O6. The summed E-state index contributed by atoms with van der Waals surface area (Å²) in [6.45, 7) is 0.751. The molecule has 1 amide bonds. The van der Waals surface area contributed by atoms with Gasteiger partial charge in [0.05, 0.1) is 32.8 Å². The Balaban J connectivity index is 1.73. The Morgan fingerprint density at radius 1 is 1.14 bits per heavy atom. The number of non-ortho nitro benzene ring substituents is 1. The molecule has 0 radical (unpaired) electrons. The second-order valence-corrected chi connectivity index (χ2v) is 6.20. The molecule has 148 valence electrons. The lowest BCUT2D eigenvalue weighted by Gasteiger charge is -2.19. The Hall–Kier alpha value is -3.49. The molecule has 2 aromatic carbocycles. The molecule has 1 aliphatic heterocycles. The molecule has 0 spiro atoms. The Labute approximate surface area is 162 Å². The molecule has 2 aromatic rings. The number of hydrogen-bond acceptors (Lipinski definition) is 7. The number of nitrogens with one attached hydrogen (secondary N) is 1. The summed E-state index contributed by atoms with van der Waals surface area (Å²) in [6, 6.07) is 8.01. The number of carbonyl (C=O) groups is 1. The molecule has 0 unspecified atom stereocenters. The lowest BCUT2D eigenvalue weighted by atomic mass is 10.1. The van der Waals surface area contributed by atoms with Gasteiger partial charge in [0.15, 0.2) is 11.5 Å². The second kappa shape index (κ2) is 8.03. The van der Waals surface area contributed by atoms with Crippen molar-refractivity contribution in [2.45, 2.75) is 6.42 Å². The zero-order valence-electron chi connectivity index (χ0n) is 15.9. The number of methoxy groups -OCH3 is 3. The SMILES string of the molecule is COc1cc(NC(=O)CN2CCc3cc([N+](=O)[O-])ccc32)cc(OC)c1OC. The largest absolute Gasteiger partial charge is 0.493 e. The molecule has 1 heterocycles. The van der Waals surface area contributed by atoms with Crippen LogP contribution in [0.4, 0.5) is 17.1 Å². The van der Waals surface area contributed by atoms with Crippen LogP contribution in [0.3, 0.4) is 0 Å². The molecule has 0 saturated carbocycles. The maximum absolute atomic E-state index is 12.5. The minimum absolute atomic E-state index is 0.0578. The average molecular weight is 387 g/mol. The molecule has 3 rings (SSSR count). The minimum atomic E-state index is -0.417. The van der Waals surface area contributed by atoms with Crippen molar-refractivity contribution in [3.8, 4) is 17.2 Å². The van der Waals surface area contributed by atoms with E-state index in [9.17, 15) is 14.9 Å². The molecule has 0 aromatic heterocycles. The van der Waals surface area contributed by atoms with Crippen LogP contribution in [0.5, 0.6) is 17.2 Å². The van der Waals surface area contributed by atoms with Crippen LogP contribution in [0.25, 0.3) is 0 Å². The van der Waals surface area contributed by atoms with E-state index < -0.39 is 4.92 Å². The van der Waals surface area contributed by atoms with Gasteiger partial charge in [-0.05, 0) is 18.1 Å². The molecule has 1 aliphatic rings. The van der Waals surface area contributed by atoms with Crippen molar-refractivity contribution in [3.63, 3.8) is 0 Å². The Kier molecular flexibility index (Phi) is 5.53. The smallest absolute Gasteiger partial charge is 0.269 e. The normalized spacial score (nSPS) is 12.3. The van der Waals surface area contributed by atoms with Crippen LogP contribution < -0.4 is 24.4 Å². The summed E-state index contributed by atoms with van der Waals surface area (Å²) in [6.07, 6.45) is 0.661. The van der Waals surface area contributed by atoms with E-state index in [1.807, 2.05) is 4.90 Å². The van der Waals surface area contributed by atoms with E-state index >= 15 is 0 Å². The van der Waals surface area contributed by atoms with Crippen molar-refractivity contribution in [3.05, 3.63) is 46.0 Å². The molecule has 0 saturated heterocycles. The van der Waals surface area contributed by atoms with Gasteiger partial charge in [-0.25, -0.2) is 0 Å². The van der Waals surface area contributed by atoms with Crippen molar-refractivity contribution >= 4 is 23.0 Å². The average Bonchev–Trinajstić information content (AvgIpc) is 3.08. The molecular weight excluding hydrogens is 366 g/mol.